The first-order chi connectivity index (χ1) is 9.69. The maximum absolute atomic E-state index is 11.4. The average Bonchev–Trinajstić information content (AvgIpc) is 2.48. The molecular formula is C16H17NO2S. The number of thioether (sulfide) groups is 1. The van der Waals surface area contributed by atoms with Gasteiger partial charge in [-0.15, -0.1) is 11.8 Å². The number of carbonyl (C=O) groups excluding carboxylic acids is 1. The Bertz CT molecular complexity index is 581. The van der Waals surface area contributed by atoms with Gasteiger partial charge in [0.25, 0.3) is 0 Å². The molecule has 0 bridgehead atoms. The fraction of sp³-hybridized carbons (Fsp3) is 0.188. The number of benzene rings is 2. The van der Waals surface area contributed by atoms with Crippen molar-refractivity contribution in [2.45, 2.75) is 17.1 Å². The van der Waals surface area contributed by atoms with Crippen LogP contribution in [0.15, 0.2) is 53.4 Å². The monoisotopic (exact) mass is 287 g/mol. The largest absolute Gasteiger partial charge is 0.469 e. The van der Waals surface area contributed by atoms with Crippen molar-refractivity contribution >= 4 is 23.4 Å². The maximum Gasteiger partial charge on any atom is 0.309 e. The molecule has 0 unspecified atom stereocenters. The van der Waals surface area contributed by atoms with E-state index >= 15 is 0 Å². The summed E-state index contributed by atoms with van der Waals surface area (Å²) in [6, 6.07) is 15.7. The topological polar surface area (TPSA) is 52.3 Å². The molecular weight excluding hydrogens is 270 g/mol. The van der Waals surface area contributed by atoms with E-state index in [4.69, 9.17) is 10.5 Å². The Labute approximate surface area is 123 Å². The van der Waals surface area contributed by atoms with Gasteiger partial charge in [-0.25, -0.2) is 0 Å². The predicted molar refractivity (Wildman–Crippen MR) is 82.6 cm³/mol. The summed E-state index contributed by atoms with van der Waals surface area (Å²) in [6.07, 6.45) is 0.314. The van der Waals surface area contributed by atoms with Crippen molar-refractivity contribution in [1.82, 2.24) is 0 Å². The van der Waals surface area contributed by atoms with Gasteiger partial charge in [0.05, 0.1) is 13.5 Å². The van der Waals surface area contributed by atoms with E-state index in [0.717, 1.165) is 27.5 Å². The third kappa shape index (κ3) is 4.03. The van der Waals surface area contributed by atoms with Crippen molar-refractivity contribution < 1.29 is 9.53 Å². The van der Waals surface area contributed by atoms with Gasteiger partial charge in [-0.05, 0) is 35.4 Å². The van der Waals surface area contributed by atoms with Crippen LogP contribution in [0, 0.1) is 0 Å². The van der Waals surface area contributed by atoms with Crippen molar-refractivity contribution in [3.05, 3.63) is 59.7 Å². The molecule has 104 valence electrons. The first-order valence-electron chi connectivity index (χ1n) is 6.31. The van der Waals surface area contributed by atoms with Gasteiger partial charge in [0.2, 0.25) is 0 Å². The smallest absolute Gasteiger partial charge is 0.309 e. The highest BCUT2D eigenvalue weighted by Gasteiger charge is 2.08. The van der Waals surface area contributed by atoms with E-state index in [9.17, 15) is 4.79 Å². The summed E-state index contributed by atoms with van der Waals surface area (Å²) in [4.78, 5) is 12.6. The molecule has 0 saturated carbocycles. The average molecular weight is 287 g/mol. The zero-order valence-corrected chi connectivity index (χ0v) is 12.2. The van der Waals surface area contributed by atoms with Crippen molar-refractivity contribution in [3.8, 4) is 0 Å². The van der Waals surface area contributed by atoms with Crippen molar-refractivity contribution in [1.29, 1.82) is 0 Å². The number of nitrogens with two attached hydrogens (primary N) is 1. The Morgan fingerprint density at radius 2 is 1.75 bits per heavy atom. The van der Waals surface area contributed by atoms with Gasteiger partial charge in [-0.2, -0.15) is 0 Å². The Kier molecular flexibility index (Phi) is 5.07. The Morgan fingerprint density at radius 3 is 2.40 bits per heavy atom. The van der Waals surface area contributed by atoms with Crippen LogP contribution in [-0.4, -0.2) is 13.1 Å². The number of ether oxygens (including phenoxy) is 1. The lowest BCUT2D eigenvalue weighted by atomic mass is 10.1. The van der Waals surface area contributed by atoms with Gasteiger partial charge in [0.15, 0.2) is 0 Å². The molecule has 2 rings (SSSR count). The van der Waals surface area contributed by atoms with Crippen LogP contribution in [0.5, 0.6) is 0 Å². The molecule has 2 N–H and O–H groups in total. The second-order valence-electron chi connectivity index (χ2n) is 4.38. The molecule has 0 spiro atoms. The minimum absolute atomic E-state index is 0.213. The SMILES string of the molecule is COC(=O)Cc1ccccc1CSc1ccc(N)cc1. The summed E-state index contributed by atoms with van der Waals surface area (Å²) in [6.45, 7) is 0. The van der Waals surface area contributed by atoms with Crippen LogP contribution in [0.1, 0.15) is 11.1 Å². The van der Waals surface area contributed by atoms with E-state index in [1.807, 2.05) is 48.5 Å². The molecule has 0 aliphatic carbocycles. The number of esters is 1. The summed E-state index contributed by atoms with van der Waals surface area (Å²) < 4.78 is 4.73. The van der Waals surface area contributed by atoms with Gasteiger partial charge in [0, 0.05) is 16.3 Å². The van der Waals surface area contributed by atoms with Crippen LogP contribution in [0.2, 0.25) is 0 Å². The molecule has 0 heterocycles. The van der Waals surface area contributed by atoms with Gasteiger partial charge in [-0.3, -0.25) is 4.79 Å². The molecule has 2 aromatic carbocycles. The quantitative estimate of drug-likeness (QED) is 0.521. The second kappa shape index (κ2) is 7.01. The third-order valence-corrected chi connectivity index (χ3v) is 4.02. The van der Waals surface area contributed by atoms with Gasteiger partial charge in [-0.1, -0.05) is 24.3 Å². The van der Waals surface area contributed by atoms with E-state index in [2.05, 4.69) is 0 Å². The molecule has 0 aliphatic heterocycles. The Morgan fingerprint density at radius 1 is 1.10 bits per heavy atom. The van der Waals surface area contributed by atoms with E-state index in [-0.39, 0.29) is 5.97 Å². The van der Waals surface area contributed by atoms with E-state index in [1.165, 1.54) is 7.11 Å². The molecule has 0 saturated heterocycles. The lowest BCUT2D eigenvalue weighted by molar-refractivity contribution is -0.139. The van der Waals surface area contributed by atoms with Crippen molar-refractivity contribution in [2.75, 3.05) is 12.8 Å². The molecule has 0 atom stereocenters. The molecule has 0 aromatic heterocycles. The third-order valence-electron chi connectivity index (χ3n) is 2.96. The molecule has 0 fully saturated rings. The minimum atomic E-state index is -0.213. The lowest BCUT2D eigenvalue weighted by Crippen LogP contribution is -2.06. The van der Waals surface area contributed by atoms with Gasteiger partial charge >= 0.3 is 5.97 Å². The summed E-state index contributed by atoms with van der Waals surface area (Å²) in [5.41, 5.74) is 8.60. The number of methoxy groups -OCH3 is 1. The maximum atomic E-state index is 11.4. The van der Waals surface area contributed by atoms with Crippen molar-refractivity contribution in [3.63, 3.8) is 0 Å². The zero-order valence-electron chi connectivity index (χ0n) is 11.3. The number of anilines is 1. The molecule has 0 aliphatic rings. The van der Waals surface area contributed by atoms with Crippen LogP contribution in [0.4, 0.5) is 5.69 Å². The predicted octanol–water partition coefficient (Wildman–Crippen LogP) is 3.28. The lowest BCUT2D eigenvalue weighted by Gasteiger charge is -2.08. The van der Waals surface area contributed by atoms with Crippen molar-refractivity contribution in [2.24, 2.45) is 0 Å². The van der Waals surface area contributed by atoms with E-state index < -0.39 is 0 Å². The number of hydrogen-bond acceptors (Lipinski definition) is 4. The molecule has 0 radical (unpaired) electrons. The highest BCUT2D eigenvalue weighted by Crippen LogP contribution is 2.25. The van der Waals surface area contributed by atoms with Crippen LogP contribution in [-0.2, 0) is 21.7 Å². The minimum Gasteiger partial charge on any atom is -0.469 e. The fourth-order valence-electron chi connectivity index (χ4n) is 1.82. The molecule has 4 heteroatoms. The van der Waals surface area contributed by atoms with E-state index in [0.29, 0.717) is 6.42 Å². The second-order valence-corrected chi connectivity index (χ2v) is 5.43. The van der Waals surface area contributed by atoms with Crippen LogP contribution in [0.25, 0.3) is 0 Å². The zero-order chi connectivity index (χ0) is 14.4. The standard InChI is InChI=1S/C16H17NO2S/c1-19-16(18)10-12-4-2-3-5-13(12)11-20-15-8-6-14(17)7-9-15/h2-9H,10-11,17H2,1H3. The van der Waals surface area contributed by atoms with Gasteiger partial charge in [0.1, 0.15) is 0 Å². The summed E-state index contributed by atoms with van der Waals surface area (Å²) in [7, 11) is 1.41. The summed E-state index contributed by atoms with van der Waals surface area (Å²) in [5.74, 6) is 0.604. The van der Waals surface area contributed by atoms with Gasteiger partial charge < -0.3 is 10.5 Å². The fourth-order valence-corrected chi connectivity index (χ4v) is 2.76. The molecule has 20 heavy (non-hydrogen) atoms. The highest BCUT2D eigenvalue weighted by atomic mass is 32.2. The molecule has 2 aromatic rings. The first kappa shape index (κ1) is 14.5. The molecule has 3 nitrogen and oxygen atoms in total. The Hall–Kier alpha value is -1.94. The van der Waals surface area contributed by atoms with E-state index in [1.54, 1.807) is 11.8 Å². The summed E-state index contributed by atoms with van der Waals surface area (Å²) >= 11 is 1.72. The highest BCUT2D eigenvalue weighted by molar-refractivity contribution is 7.98. The first-order valence-corrected chi connectivity index (χ1v) is 7.29. The number of carbonyl (C=O) groups is 1. The van der Waals surface area contributed by atoms with Crippen LogP contribution >= 0.6 is 11.8 Å². The van der Waals surface area contributed by atoms with Crippen LogP contribution in [0.3, 0.4) is 0 Å². The normalized spacial score (nSPS) is 10.2. The number of hydrogen-bond donors (Lipinski definition) is 1. The summed E-state index contributed by atoms with van der Waals surface area (Å²) in [5, 5.41) is 0. The van der Waals surface area contributed by atoms with Crippen LogP contribution < -0.4 is 5.73 Å². The molecule has 0 amide bonds. The number of rotatable bonds is 5. The Balaban J connectivity index is 2.05. The number of nitrogen functional groups attached to an aromatic ring is 1.